The van der Waals surface area contributed by atoms with E-state index in [1.54, 1.807) is 31.2 Å². The Balaban J connectivity index is 1.61. The highest BCUT2D eigenvalue weighted by Gasteiger charge is 2.21. The monoisotopic (exact) mass is 464 g/mol. The number of carbonyl (C=O) groups is 2. The average Bonchev–Trinajstić information content (AvgIpc) is 3.31. The first-order valence-electron chi connectivity index (χ1n) is 9.23. The zero-order valence-electron chi connectivity index (χ0n) is 16.7. The first-order chi connectivity index (χ1) is 14.4. The molecule has 0 spiro atoms. The van der Waals surface area contributed by atoms with E-state index in [2.05, 4.69) is 25.8 Å². The lowest BCUT2D eigenvalue weighted by Crippen LogP contribution is -2.25. The van der Waals surface area contributed by atoms with Crippen molar-refractivity contribution in [1.29, 1.82) is 0 Å². The first-order valence-corrected chi connectivity index (χ1v) is 11.4. The first kappa shape index (κ1) is 22.3. The van der Waals surface area contributed by atoms with Crippen LogP contribution in [0.15, 0.2) is 34.8 Å². The van der Waals surface area contributed by atoms with Crippen molar-refractivity contribution in [1.82, 2.24) is 25.1 Å². The molecule has 0 fully saturated rings. The largest absolute Gasteiger partial charge is 0.345 e. The lowest BCUT2D eigenvalue weighted by Gasteiger charge is -2.12. The van der Waals surface area contributed by atoms with Crippen molar-refractivity contribution in [2.45, 2.75) is 44.3 Å². The second kappa shape index (κ2) is 10.1. The lowest BCUT2D eigenvalue weighted by molar-refractivity contribution is -0.115. The van der Waals surface area contributed by atoms with E-state index in [1.165, 1.54) is 23.1 Å². The minimum absolute atomic E-state index is 0.155. The molecule has 0 radical (unpaired) electrons. The number of rotatable bonds is 8. The summed E-state index contributed by atoms with van der Waals surface area (Å²) in [5.74, 6) is 0.237. The summed E-state index contributed by atoms with van der Waals surface area (Å²) in [7, 11) is 0. The third-order valence-electron chi connectivity index (χ3n) is 4.12. The number of halogens is 1. The molecule has 30 heavy (non-hydrogen) atoms. The van der Waals surface area contributed by atoms with E-state index in [-0.39, 0.29) is 23.6 Å². The molecule has 2 amide bonds. The van der Waals surface area contributed by atoms with Crippen LogP contribution < -0.4 is 10.6 Å². The van der Waals surface area contributed by atoms with E-state index in [4.69, 9.17) is 11.6 Å². The van der Waals surface area contributed by atoms with Crippen LogP contribution in [-0.4, -0.2) is 36.8 Å². The molecule has 0 unspecified atom stereocenters. The normalized spacial score (nSPS) is 11.9. The molecule has 3 rings (SSSR count). The Labute approximate surface area is 187 Å². The molecular weight excluding hydrogens is 444 g/mol. The minimum Gasteiger partial charge on any atom is -0.345 e. The number of nitrogens with one attached hydrogen (secondary N) is 2. The summed E-state index contributed by atoms with van der Waals surface area (Å²) in [5.41, 5.74) is 1.38. The highest BCUT2D eigenvalue weighted by atomic mass is 35.5. The number of hydrogen-bond acceptors (Lipinski definition) is 7. The van der Waals surface area contributed by atoms with Gasteiger partial charge in [0.05, 0.1) is 17.5 Å². The fourth-order valence-electron chi connectivity index (χ4n) is 2.55. The summed E-state index contributed by atoms with van der Waals surface area (Å²) < 4.78 is 1.88. The van der Waals surface area contributed by atoms with Crippen molar-refractivity contribution in [2.75, 3.05) is 5.32 Å². The van der Waals surface area contributed by atoms with Crippen LogP contribution in [0.4, 0.5) is 5.13 Å². The molecule has 0 saturated heterocycles. The van der Waals surface area contributed by atoms with Gasteiger partial charge in [0.15, 0.2) is 16.1 Å². The van der Waals surface area contributed by atoms with Gasteiger partial charge in [-0.2, -0.15) is 0 Å². The molecular formula is C19H21ClN6O2S2. The van der Waals surface area contributed by atoms with Crippen molar-refractivity contribution < 1.29 is 9.59 Å². The number of anilines is 1. The quantitative estimate of drug-likeness (QED) is 0.492. The van der Waals surface area contributed by atoms with Crippen LogP contribution in [0.1, 0.15) is 35.7 Å². The molecule has 0 aliphatic carbocycles. The van der Waals surface area contributed by atoms with Gasteiger partial charge in [-0.1, -0.05) is 23.4 Å². The molecule has 2 heterocycles. The van der Waals surface area contributed by atoms with Gasteiger partial charge in [0.25, 0.3) is 5.91 Å². The number of thioether (sulfide) groups is 1. The van der Waals surface area contributed by atoms with Crippen LogP contribution >= 0.6 is 34.7 Å². The van der Waals surface area contributed by atoms with Gasteiger partial charge >= 0.3 is 0 Å². The molecule has 158 valence electrons. The Bertz CT molecular complexity index is 1030. The summed E-state index contributed by atoms with van der Waals surface area (Å²) in [6, 6.07) is 6.65. The van der Waals surface area contributed by atoms with Crippen molar-refractivity contribution in [2.24, 2.45) is 0 Å². The third kappa shape index (κ3) is 5.59. The van der Waals surface area contributed by atoms with E-state index in [0.717, 1.165) is 5.69 Å². The fraction of sp³-hybridized carbons (Fsp3) is 0.316. The van der Waals surface area contributed by atoms with Gasteiger partial charge < -0.3 is 15.2 Å². The maximum atomic E-state index is 12.4. The van der Waals surface area contributed by atoms with Crippen LogP contribution in [0.25, 0.3) is 0 Å². The number of thiazole rings is 1. The molecule has 2 aromatic heterocycles. The number of aromatic nitrogens is 4. The van der Waals surface area contributed by atoms with E-state index in [0.29, 0.717) is 33.2 Å². The van der Waals surface area contributed by atoms with Crippen molar-refractivity contribution in [3.8, 4) is 0 Å². The third-order valence-corrected chi connectivity index (χ3v) is 6.33. The maximum absolute atomic E-state index is 12.4. The van der Waals surface area contributed by atoms with Gasteiger partial charge in [-0.3, -0.25) is 9.59 Å². The number of hydrogen-bond donors (Lipinski definition) is 2. The summed E-state index contributed by atoms with van der Waals surface area (Å²) in [6.45, 7) is 6.47. The van der Waals surface area contributed by atoms with Crippen molar-refractivity contribution in [3.05, 3.63) is 51.7 Å². The van der Waals surface area contributed by atoms with E-state index >= 15 is 0 Å². The SMILES string of the molecule is CCn1c(CNC(=O)c2ccc(Cl)cc2)nnc1S[C@@H](C)C(=O)Nc1nc(C)cs1. The van der Waals surface area contributed by atoms with Crippen molar-refractivity contribution in [3.63, 3.8) is 0 Å². The van der Waals surface area contributed by atoms with E-state index < -0.39 is 0 Å². The summed E-state index contributed by atoms with van der Waals surface area (Å²) in [6.07, 6.45) is 0. The van der Waals surface area contributed by atoms with Crippen LogP contribution in [0.3, 0.4) is 0 Å². The Morgan fingerprint density at radius 3 is 2.63 bits per heavy atom. The van der Waals surface area contributed by atoms with Gasteiger partial charge in [-0.25, -0.2) is 4.98 Å². The second-order valence-corrected chi connectivity index (χ2v) is 8.98. The molecule has 0 bridgehead atoms. The Kier molecular flexibility index (Phi) is 7.46. The molecule has 8 nitrogen and oxygen atoms in total. The number of nitrogens with zero attached hydrogens (tertiary/aromatic N) is 4. The van der Waals surface area contributed by atoms with Crippen molar-refractivity contribution >= 4 is 51.6 Å². The van der Waals surface area contributed by atoms with Crippen LogP contribution in [-0.2, 0) is 17.9 Å². The lowest BCUT2D eigenvalue weighted by atomic mass is 10.2. The minimum atomic E-state index is -0.389. The molecule has 1 atom stereocenters. The van der Waals surface area contributed by atoms with Gasteiger partial charge in [0, 0.05) is 22.5 Å². The summed E-state index contributed by atoms with van der Waals surface area (Å²) in [4.78, 5) is 29.0. The molecule has 3 aromatic rings. The number of benzene rings is 1. The molecule has 11 heteroatoms. The highest BCUT2D eigenvalue weighted by Crippen LogP contribution is 2.24. The standard InChI is InChI=1S/C19H21ClN6O2S2/c1-4-26-15(9-21-17(28)13-5-7-14(20)8-6-13)24-25-19(26)30-12(3)16(27)23-18-22-11(2)10-29-18/h5-8,10,12H,4,9H2,1-3H3,(H,21,28)(H,22,23,27)/t12-/m0/s1. The maximum Gasteiger partial charge on any atom is 0.251 e. The van der Waals surface area contributed by atoms with Gasteiger partial charge in [-0.05, 0) is 45.0 Å². The van der Waals surface area contributed by atoms with Gasteiger partial charge in [0.1, 0.15) is 0 Å². The Morgan fingerprint density at radius 1 is 1.27 bits per heavy atom. The molecule has 0 saturated carbocycles. The highest BCUT2D eigenvalue weighted by molar-refractivity contribution is 8.00. The van der Waals surface area contributed by atoms with Gasteiger partial charge in [0.2, 0.25) is 5.91 Å². The van der Waals surface area contributed by atoms with E-state index in [9.17, 15) is 9.59 Å². The van der Waals surface area contributed by atoms with Crippen LogP contribution in [0, 0.1) is 6.92 Å². The molecule has 2 N–H and O–H groups in total. The van der Waals surface area contributed by atoms with Crippen LogP contribution in [0.2, 0.25) is 5.02 Å². The predicted octanol–water partition coefficient (Wildman–Crippen LogP) is 3.77. The Morgan fingerprint density at radius 2 is 2.00 bits per heavy atom. The zero-order chi connectivity index (χ0) is 21.7. The average molecular weight is 465 g/mol. The molecule has 0 aliphatic rings. The topological polar surface area (TPSA) is 102 Å². The van der Waals surface area contributed by atoms with E-state index in [1.807, 2.05) is 23.8 Å². The predicted molar refractivity (Wildman–Crippen MR) is 119 cm³/mol. The number of aryl methyl sites for hydroxylation is 1. The Hall–Kier alpha value is -2.43. The number of carbonyl (C=O) groups excluding carboxylic acids is 2. The van der Waals surface area contributed by atoms with Crippen LogP contribution in [0.5, 0.6) is 0 Å². The smallest absolute Gasteiger partial charge is 0.251 e. The summed E-state index contributed by atoms with van der Waals surface area (Å²) in [5, 5.41) is 17.3. The van der Waals surface area contributed by atoms with Gasteiger partial charge in [-0.15, -0.1) is 21.5 Å². The fourth-order valence-corrected chi connectivity index (χ4v) is 4.30. The molecule has 1 aromatic carbocycles. The molecule has 0 aliphatic heterocycles. The zero-order valence-corrected chi connectivity index (χ0v) is 19.1. The second-order valence-electron chi connectivity index (χ2n) is 6.38. The summed E-state index contributed by atoms with van der Waals surface area (Å²) >= 11 is 8.55. The number of amides is 2.